The molecular formula is C13H24N2O. The lowest BCUT2D eigenvalue weighted by molar-refractivity contribution is -0.129. The van der Waals surface area contributed by atoms with Crippen LogP contribution in [0.1, 0.15) is 40.5 Å². The third-order valence-corrected chi connectivity index (χ3v) is 4.84. The van der Waals surface area contributed by atoms with Gasteiger partial charge in [-0.05, 0) is 52.1 Å². The zero-order chi connectivity index (χ0) is 12.1. The summed E-state index contributed by atoms with van der Waals surface area (Å²) in [6, 6.07) is 0. The van der Waals surface area contributed by atoms with Gasteiger partial charge in [0, 0.05) is 5.54 Å². The molecule has 1 saturated heterocycles. The highest BCUT2D eigenvalue weighted by atomic mass is 16.2. The first-order valence-corrected chi connectivity index (χ1v) is 6.34. The number of carbonyl (C=O) groups excluding carboxylic acids is 1. The van der Waals surface area contributed by atoms with E-state index in [1.165, 1.54) is 6.42 Å². The summed E-state index contributed by atoms with van der Waals surface area (Å²) < 4.78 is 0. The molecule has 1 amide bonds. The molecule has 1 aliphatic heterocycles. The summed E-state index contributed by atoms with van der Waals surface area (Å²) in [5, 5.41) is 3.23. The molecule has 2 fully saturated rings. The number of nitrogens with one attached hydrogen (secondary N) is 1. The number of likely N-dealkylation sites (N-methyl/N-ethyl adjacent to an activating group) is 1. The van der Waals surface area contributed by atoms with E-state index < -0.39 is 0 Å². The van der Waals surface area contributed by atoms with Gasteiger partial charge in [0.05, 0.1) is 0 Å². The van der Waals surface area contributed by atoms with Gasteiger partial charge in [0.25, 0.3) is 0 Å². The summed E-state index contributed by atoms with van der Waals surface area (Å²) in [4.78, 5) is 14.6. The van der Waals surface area contributed by atoms with Gasteiger partial charge in [-0.25, -0.2) is 0 Å². The molecule has 92 valence electrons. The van der Waals surface area contributed by atoms with Crippen molar-refractivity contribution in [1.29, 1.82) is 0 Å². The van der Waals surface area contributed by atoms with Crippen LogP contribution in [0.3, 0.4) is 0 Å². The van der Waals surface area contributed by atoms with Crippen LogP contribution >= 0.6 is 0 Å². The van der Waals surface area contributed by atoms with Crippen LogP contribution in [0.25, 0.3) is 0 Å². The molecule has 2 rings (SSSR count). The Morgan fingerprint density at radius 2 is 2.12 bits per heavy atom. The van der Waals surface area contributed by atoms with Crippen molar-refractivity contribution in [2.75, 3.05) is 13.6 Å². The molecule has 16 heavy (non-hydrogen) atoms. The largest absolute Gasteiger partial charge is 0.349 e. The molecule has 2 aliphatic rings. The smallest absolute Gasteiger partial charge is 0.241 e. The fourth-order valence-electron chi connectivity index (χ4n) is 2.67. The van der Waals surface area contributed by atoms with E-state index in [0.717, 1.165) is 13.0 Å². The lowest BCUT2D eigenvalue weighted by Gasteiger charge is -2.34. The van der Waals surface area contributed by atoms with Gasteiger partial charge < -0.3 is 5.32 Å². The summed E-state index contributed by atoms with van der Waals surface area (Å²) in [7, 11) is 2.08. The topological polar surface area (TPSA) is 32.3 Å². The molecule has 3 heteroatoms. The second kappa shape index (κ2) is 3.46. The first kappa shape index (κ1) is 11.9. The Kier molecular flexibility index (Phi) is 2.57. The van der Waals surface area contributed by atoms with Crippen LogP contribution in [0, 0.1) is 11.8 Å². The number of carbonyl (C=O) groups is 1. The van der Waals surface area contributed by atoms with Crippen LogP contribution in [0.2, 0.25) is 0 Å². The van der Waals surface area contributed by atoms with Gasteiger partial charge >= 0.3 is 0 Å². The monoisotopic (exact) mass is 224 g/mol. The molecule has 0 radical (unpaired) electrons. The summed E-state index contributed by atoms with van der Waals surface area (Å²) in [5.74, 6) is 1.31. The predicted octanol–water partition coefficient (Wildman–Crippen LogP) is 1.63. The molecule has 3 nitrogen and oxygen atoms in total. The molecule has 0 aromatic carbocycles. The fourth-order valence-corrected chi connectivity index (χ4v) is 2.67. The summed E-state index contributed by atoms with van der Waals surface area (Å²) in [6.45, 7) is 9.60. The highest BCUT2D eigenvalue weighted by Crippen LogP contribution is 2.55. The van der Waals surface area contributed by atoms with Gasteiger partial charge in [-0.2, -0.15) is 0 Å². The van der Waals surface area contributed by atoms with Gasteiger partial charge in [-0.3, -0.25) is 9.69 Å². The standard InChI is InChI=1S/C13H24N2O/c1-9(2)12(3,4)14-11(16)13-8-10(13)6-7-15(13)5/h9-10H,6-8H2,1-5H3,(H,14,16)/t10?,13-/m0/s1. The summed E-state index contributed by atoms with van der Waals surface area (Å²) >= 11 is 0. The third kappa shape index (κ3) is 1.56. The van der Waals surface area contributed by atoms with Gasteiger partial charge in [-0.15, -0.1) is 0 Å². The van der Waals surface area contributed by atoms with Gasteiger partial charge in [-0.1, -0.05) is 13.8 Å². The Morgan fingerprint density at radius 3 is 2.50 bits per heavy atom. The van der Waals surface area contributed by atoms with E-state index >= 15 is 0 Å². The Bertz CT molecular complexity index is 311. The number of nitrogens with zero attached hydrogens (tertiary/aromatic N) is 1. The Labute approximate surface area is 98.6 Å². The first-order chi connectivity index (χ1) is 7.30. The van der Waals surface area contributed by atoms with E-state index in [1.54, 1.807) is 0 Å². The second-order valence-corrected chi connectivity index (χ2v) is 6.37. The van der Waals surface area contributed by atoms with Crippen molar-refractivity contribution in [2.24, 2.45) is 11.8 Å². The average Bonchev–Trinajstić information content (AvgIpc) is 2.81. The molecule has 0 aromatic rings. The van der Waals surface area contributed by atoms with Crippen LogP contribution in [-0.2, 0) is 4.79 Å². The molecule has 1 heterocycles. The molecule has 1 aliphatic carbocycles. The van der Waals surface area contributed by atoms with Crippen molar-refractivity contribution < 1.29 is 4.79 Å². The SMILES string of the molecule is CC(C)C(C)(C)NC(=O)[C@]12CC1CCN2C. The maximum atomic E-state index is 12.4. The highest BCUT2D eigenvalue weighted by molar-refractivity contribution is 5.91. The predicted molar refractivity (Wildman–Crippen MR) is 65.1 cm³/mol. The average molecular weight is 224 g/mol. The van der Waals surface area contributed by atoms with E-state index in [9.17, 15) is 4.79 Å². The minimum Gasteiger partial charge on any atom is -0.349 e. The van der Waals surface area contributed by atoms with Crippen LogP contribution < -0.4 is 5.32 Å². The molecule has 1 unspecified atom stereocenters. The minimum atomic E-state index is -0.147. The van der Waals surface area contributed by atoms with E-state index in [-0.39, 0.29) is 17.0 Å². The van der Waals surface area contributed by atoms with Crippen LogP contribution in [0.4, 0.5) is 0 Å². The van der Waals surface area contributed by atoms with Crippen molar-refractivity contribution in [3.63, 3.8) is 0 Å². The summed E-state index contributed by atoms with van der Waals surface area (Å²) in [6.07, 6.45) is 2.25. The molecule has 0 spiro atoms. The van der Waals surface area contributed by atoms with Crippen molar-refractivity contribution in [3.05, 3.63) is 0 Å². The maximum absolute atomic E-state index is 12.4. The third-order valence-electron chi connectivity index (χ3n) is 4.84. The van der Waals surface area contributed by atoms with Crippen LogP contribution in [0.15, 0.2) is 0 Å². The Morgan fingerprint density at radius 1 is 1.50 bits per heavy atom. The van der Waals surface area contributed by atoms with E-state index in [2.05, 4.69) is 45.0 Å². The number of hydrogen-bond acceptors (Lipinski definition) is 2. The van der Waals surface area contributed by atoms with Gasteiger partial charge in [0.1, 0.15) is 5.54 Å². The summed E-state index contributed by atoms with van der Waals surface area (Å²) in [5.41, 5.74) is -0.255. The number of fused-ring (bicyclic) bond motifs is 1. The minimum absolute atomic E-state index is 0.109. The number of piperidine rings is 1. The number of hydrogen-bond donors (Lipinski definition) is 1. The zero-order valence-electron chi connectivity index (χ0n) is 11.1. The van der Waals surface area contributed by atoms with Gasteiger partial charge in [0.15, 0.2) is 0 Å². The lowest BCUT2D eigenvalue weighted by Crippen LogP contribution is -2.55. The van der Waals surface area contributed by atoms with E-state index in [0.29, 0.717) is 11.8 Å². The maximum Gasteiger partial charge on any atom is 0.241 e. The van der Waals surface area contributed by atoms with Crippen molar-refractivity contribution in [3.8, 4) is 0 Å². The van der Waals surface area contributed by atoms with Gasteiger partial charge in [0.2, 0.25) is 5.91 Å². The van der Waals surface area contributed by atoms with Crippen molar-refractivity contribution in [1.82, 2.24) is 10.2 Å². The second-order valence-electron chi connectivity index (χ2n) is 6.37. The zero-order valence-corrected chi connectivity index (χ0v) is 11.1. The molecule has 2 atom stereocenters. The molecular weight excluding hydrogens is 200 g/mol. The van der Waals surface area contributed by atoms with E-state index in [1.807, 2.05) is 0 Å². The molecule has 1 saturated carbocycles. The van der Waals surface area contributed by atoms with Crippen LogP contribution in [0.5, 0.6) is 0 Å². The Hall–Kier alpha value is -0.570. The van der Waals surface area contributed by atoms with Crippen LogP contribution in [-0.4, -0.2) is 35.5 Å². The molecule has 1 N–H and O–H groups in total. The normalized spacial score (nSPS) is 34.0. The highest BCUT2D eigenvalue weighted by Gasteiger charge is 2.66. The van der Waals surface area contributed by atoms with Crippen molar-refractivity contribution >= 4 is 5.91 Å². The lowest BCUT2D eigenvalue weighted by atomic mass is 9.90. The number of amides is 1. The first-order valence-electron chi connectivity index (χ1n) is 6.34. The number of likely N-dealkylation sites (tertiary alicyclic amines) is 1. The number of rotatable bonds is 3. The van der Waals surface area contributed by atoms with E-state index in [4.69, 9.17) is 0 Å². The quantitative estimate of drug-likeness (QED) is 0.790. The fraction of sp³-hybridized carbons (Fsp3) is 0.923. The Balaban J connectivity index is 2.05. The molecule has 0 aromatic heterocycles. The molecule has 0 bridgehead atoms. The van der Waals surface area contributed by atoms with Crippen molar-refractivity contribution in [2.45, 2.75) is 51.6 Å².